The third-order valence-corrected chi connectivity index (χ3v) is 12.9. The molecule has 1 spiro atoms. The van der Waals surface area contributed by atoms with E-state index in [1.54, 1.807) is 0 Å². The number of aliphatic imine (C=N–C) groups is 1. The molecule has 0 amide bonds. The minimum absolute atomic E-state index is 0.258. The minimum Gasteiger partial charge on any atom is -0.463 e. The fourth-order valence-corrected chi connectivity index (χ4v) is 9.99. The van der Waals surface area contributed by atoms with E-state index in [4.69, 9.17) is 15.5 Å². The molecule has 6 aromatic rings. The smallest absolute Gasteiger partial charge is 0.124 e. The van der Waals surface area contributed by atoms with Gasteiger partial charge in [-0.3, -0.25) is 14.8 Å². The van der Waals surface area contributed by atoms with Gasteiger partial charge >= 0.3 is 0 Å². The molecule has 5 heterocycles. The van der Waals surface area contributed by atoms with Crippen LogP contribution in [0.1, 0.15) is 27.8 Å². The first-order valence-electron chi connectivity index (χ1n) is 19.8. The second-order valence-corrected chi connectivity index (χ2v) is 16.0. The standard InChI is InChI=1S/C51H40N4O/c52-45(26-46(35-12-5-2-6-13-35)53-27-32-10-3-1-4-11-32)38-15-9-14-36(24-38)33-18-20-34(21-19-33)37-22-23-40-39-16-7-8-17-41(39)51(42(40)25-37)43-28-54-30-47(54)49(43)56-50-44(51)29-55-31-48(50)55/h1-26,47-48H,27-31,52H2/b45-26-,53-46+. The summed E-state index contributed by atoms with van der Waals surface area (Å²) in [4.78, 5) is 10.1. The van der Waals surface area contributed by atoms with Gasteiger partial charge in [-0.1, -0.05) is 140 Å². The van der Waals surface area contributed by atoms with Crippen LogP contribution in [0.15, 0.2) is 185 Å². The number of hydrogen-bond acceptors (Lipinski definition) is 5. The predicted molar refractivity (Wildman–Crippen MR) is 225 cm³/mol. The van der Waals surface area contributed by atoms with Gasteiger partial charge < -0.3 is 10.5 Å². The van der Waals surface area contributed by atoms with E-state index in [2.05, 4.69) is 125 Å². The molecule has 2 saturated heterocycles. The molecule has 6 aliphatic rings. The second kappa shape index (κ2) is 12.1. The Labute approximate surface area is 327 Å². The molecule has 4 unspecified atom stereocenters. The van der Waals surface area contributed by atoms with Gasteiger partial charge in [0, 0.05) is 43.0 Å². The summed E-state index contributed by atoms with van der Waals surface area (Å²) in [5.74, 6) is 2.48. The molecule has 0 radical (unpaired) electrons. The summed E-state index contributed by atoms with van der Waals surface area (Å²) < 4.78 is 6.88. The van der Waals surface area contributed by atoms with Crippen LogP contribution in [-0.4, -0.2) is 53.8 Å². The molecule has 4 atom stereocenters. The van der Waals surface area contributed by atoms with E-state index in [1.807, 2.05) is 42.5 Å². The third kappa shape index (κ3) is 4.84. The quantitative estimate of drug-likeness (QED) is 0.132. The maximum absolute atomic E-state index is 6.88. The monoisotopic (exact) mass is 724 g/mol. The molecule has 1 aliphatic carbocycles. The van der Waals surface area contributed by atoms with Gasteiger partial charge in [0.25, 0.3) is 0 Å². The minimum atomic E-state index is -0.258. The van der Waals surface area contributed by atoms with Crippen molar-refractivity contribution in [3.63, 3.8) is 0 Å². The fraction of sp³-hybridized carbons (Fsp3) is 0.157. The van der Waals surface area contributed by atoms with Crippen LogP contribution >= 0.6 is 0 Å². The number of hydrogen-bond donors (Lipinski definition) is 1. The summed E-state index contributed by atoms with van der Waals surface area (Å²) in [6, 6.07) is 55.4. The van der Waals surface area contributed by atoms with Crippen molar-refractivity contribution in [2.75, 3.05) is 26.2 Å². The van der Waals surface area contributed by atoms with Crippen molar-refractivity contribution in [1.29, 1.82) is 0 Å². The number of nitrogens with zero attached hydrogens (tertiary/aromatic N) is 3. The predicted octanol–water partition coefficient (Wildman–Crippen LogP) is 9.21. The maximum Gasteiger partial charge on any atom is 0.124 e. The lowest BCUT2D eigenvalue weighted by atomic mass is 9.65. The van der Waals surface area contributed by atoms with E-state index < -0.39 is 0 Å². The lowest BCUT2D eigenvalue weighted by Gasteiger charge is -2.40. The van der Waals surface area contributed by atoms with Crippen LogP contribution in [0.3, 0.4) is 0 Å². The average molecular weight is 725 g/mol. The summed E-state index contributed by atoms with van der Waals surface area (Å²) in [6.45, 7) is 4.80. The Hall–Kier alpha value is -6.27. The van der Waals surface area contributed by atoms with Gasteiger partial charge in [-0.2, -0.15) is 0 Å². The Kier molecular flexibility index (Phi) is 6.93. The van der Waals surface area contributed by atoms with E-state index in [9.17, 15) is 0 Å². The molecule has 12 rings (SSSR count). The van der Waals surface area contributed by atoms with Gasteiger partial charge in [-0.25, -0.2) is 0 Å². The van der Waals surface area contributed by atoms with Crippen molar-refractivity contribution in [2.24, 2.45) is 10.7 Å². The molecule has 56 heavy (non-hydrogen) atoms. The Morgan fingerprint density at radius 2 is 1.20 bits per heavy atom. The zero-order valence-electron chi connectivity index (χ0n) is 31.0. The molecular formula is C51H40N4O. The van der Waals surface area contributed by atoms with Crippen molar-refractivity contribution in [3.05, 3.63) is 208 Å². The summed E-state index contributed by atoms with van der Waals surface area (Å²) in [5.41, 5.74) is 24.6. The van der Waals surface area contributed by atoms with E-state index in [-0.39, 0.29) is 5.41 Å². The number of rotatable bonds is 7. The lowest BCUT2D eigenvalue weighted by molar-refractivity contribution is 0.263. The zero-order valence-corrected chi connectivity index (χ0v) is 31.0. The van der Waals surface area contributed by atoms with Crippen molar-refractivity contribution < 1.29 is 4.74 Å². The molecule has 5 aliphatic heterocycles. The maximum atomic E-state index is 6.88. The zero-order chi connectivity index (χ0) is 37.0. The molecule has 0 aromatic heterocycles. The van der Waals surface area contributed by atoms with Crippen LogP contribution < -0.4 is 5.73 Å². The molecular weight excluding hydrogens is 685 g/mol. The van der Waals surface area contributed by atoms with Crippen LogP contribution in [0.25, 0.3) is 39.1 Å². The molecule has 6 aromatic carbocycles. The van der Waals surface area contributed by atoms with Crippen LogP contribution in [0, 0.1) is 0 Å². The Morgan fingerprint density at radius 3 is 1.91 bits per heavy atom. The molecule has 2 fully saturated rings. The number of benzene rings is 6. The van der Waals surface area contributed by atoms with Crippen molar-refractivity contribution in [1.82, 2.24) is 9.80 Å². The Morgan fingerprint density at radius 1 is 0.607 bits per heavy atom. The summed E-state index contributed by atoms with van der Waals surface area (Å²) >= 11 is 0. The first-order valence-corrected chi connectivity index (χ1v) is 19.8. The summed E-state index contributed by atoms with van der Waals surface area (Å²) in [5, 5.41) is 0. The highest BCUT2D eigenvalue weighted by molar-refractivity contribution is 6.12. The highest BCUT2D eigenvalue weighted by atomic mass is 16.5. The highest BCUT2D eigenvalue weighted by Crippen LogP contribution is 2.65. The molecule has 5 nitrogen and oxygen atoms in total. The van der Waals surface area contributed by atoms with E-state index >= 15 is 0 Å². The second-order valence-electron chi connectivity index (χ2n) is 16.0. The van der Waals surface area contributed by atoms with Crippen LogP contribution in [0.4, 0.5) is 0 Å². The fourth-order valence-electron chi connectivity index (χ4n) is 9.99. The number of allylic oxidation sites excluding steroid dienone is 1. The molecule has 270 valence electrons. The van der Waals surface area contributed by atoms with E-state index in [0.29, 0.717) is 24.3 Å². The molecule has 0 bridgehead atoms. The molecule has 2 N–H and O–H groups in total. The van der Waals surface area contributed by atoms with Gasteiger partial charge in [0.1, 0.15) is 11.5 Å². The molecule has 5 heteroatoms. The van der Waals surface area contributed by atoms with Gasteiger partial charge in [0.15, 0.2) is 0 Å². The van der Waals surface area contributed by atoms with E-state index in [0.717, 1.165) is 59.7 Å². The lowest BCUT2D eigenvalue weighted by Crippen LogP contribution is -2.38. The van der Waals surface area contributed by atoms with Crippen molar-refractivity contribution in [3.8, 4) is 33.4 Å². The van der Waals surface area contributed by atoms with E-state index in [1.165, 1.54) is 56.0 Å². The Bertz CT molecular complexity index is 2680. The van der Waals surface area contributed by atoms with Gasteiger partial charge in [-0.05, 0) is 79.4 Å². The van der Waals surface area contributed by atoms with Crippen molar-refractivity contribution >= 4 is 11.4 Å². The number of ether oxygens (including phenoxy) is 1. The van der Waals surface area contributed by atoms with Gasteiger partial charge in [0.2, 0.25) is 0 Å². The topological polar surface area (TPSA) is 53.6 Å². The first kappa shape index (κ1) is 32.0. The normalized spacial score (nSPS) is 24.9. The third-order valence-electron chi connectivity index (χ3n) is 12.9. The SMILES string of the molecule is N/C(=C\C(=N/Cc1ccccc1)c1ccccc1)c1cccc(-c2ccc(-c3ccc4c(c3)C3(C5=C(OC6=C3CN3CC63)C3CN3C5)c3ccccc3-4)cc2)c1. The number of nitrogens with two attached hydrogens (primary N) is 1. The highest BCUT2D eigenvalue weighted by Gasteiger charge is 2.64. The number of fused-ring (bicyclic) bond motifs is 11. The average Bonchev–Trinajstić information content (AvgIpc) is 4.12. The largest absolute Gasteiger partial charge is 0.463 e. The summed E-state index contributed by atoms with van der Waals surface area (Å²) in [7, 11) is 0. The van der Waals surface area contributed by atoms with Crippen molar-refractivity contribution in [2.45, 2.75) is 24.0 Å². The van der Waals surface area contributed by atoms with Crippen LogP contribution in [0.2, 0.25) is 0 Å². The Balaban J connectivity index is 0.884. The first-order chi connectivity index (χ1) is 27.6. The van der Waals surface area contributed by atoms with Gasteiger partial charge in [-0.15, -0.1) is 0 Å². The summed E-state index contributed by atoms with van der Waals surface area (Å²) in [6.07, 6.45) is 2.01. The molecule has 0 saturated carbocycles. The van der Waals surface area contributed by atoms with Crippen LogP contribution in [-0.2, 0) is 16.7 Å². The van der Waals surface area contributed by atoms with Gasteiger partial charge in [0.05, 0.1) is 29.8 Å². The van der Waals surface area contributed by atoms with Crippen LogP contribution in [0.5, 0.6) is 0 Å².